The van der Waals surface area contributed by atoms with Gasteiger partial charge in [0.2, 0.25) is 11.8 Å². The molecule has 1 aliphatic heterocycles. The van der Waals surface area contributed by atoms with E-state index >= 15 is 0 Å². The third-order valence-electron chi connectivity index (χ3n) is 5.57. The zero-order valence-electron chi connectivity index (χ0n) is 17.3. The molecule has 2 aromatic carbocycles. The van der Waals surface area contributed by atoms with E-state index in [2.05, 4.69) is 16.3 Å². The molecule has 0 aromatic heterocycles. The number of carbonyl (C=O) groups is 2. The van der Waals surface area contributed by atoms with Gasteiger partial charge in [0, 0.05) is 6.04 Å². The lowest BCUT2D eigenvalue weighted by atomic mass is 9.96. The molecule has 2 aromatic rings. The first-order chi connectivity index (χ1) is 13.8. The molecule has 1 unspecified atom stereocenters. The Morgan fingerprint density at radius 1 is 1.21 bits per heavy atom. The van der Waals surface area contributed by atoms with Gasteiger partial charge in [-0.3, -0.25) is 19.4 Å². The minimum Gasteiger partial charge on any atom is -0.322 e. The van der Waals surface area contributed by atoms with Crippen molar-refractivity contribution < 1.29 is 9.59 Å². The number of benzene rings is 2. The predicted molar refractivity (Wildman–Crippen MR) is 113 cm³/mol. The van der Waals surface area contributed by atoms with Crippen molar-refractivity contribution >= 4 is 23.2 Å². The molecule has 0 bridgehead atoms. The van der Waals surface area contributed by atoms with Crippen LogP contribution in [0, 0.1) is 11.3 Å². The molecule has 0 aliphatic carbocycles. The van der Waals surface area contributed by atoms with E-state index in [-0.39, 0.29) is 24.4 Å². The van der Waals surface area contributed by atoms with Crippen LogP contribution in [0.3, 0.4) is 0 Å². The Bertz CT molecular complexity index is 960. The van der Waals surface area contributed by atoms with Gasteiger partial charge in [-0.2, -0.15) is 5.26 Å². The van der Waals surface area contributed by atoms with Gasteiger partial charge in [0.15, 0.2) is 0 Å². The Labute approximate surface area is 171 Å². The Hall–Kier alpha value is -3.17. The molecular weight excluding hydrogens is 364 g/mol. The standard InChI is InChI=1S/C23H26N4O2/c1-5-26(16(2)18-12-10-17(14-24)11-13-18)15-21(28)27-20-9-7-6-8-19(20)25-22(29)23(27,3)4/h6-13,16H,5,15H2,1-4H3,(H,25,29). The van der Waals surface area contributed by atoms with E-state index in [1.807, 2.05) is 44.2 Å². The second-order valence-electron chi connectivity index (χ2n) is 7.73. The molecule has 3 rings (SSSR count). The summed E-state index contributed by atoms with van der Waals surface area (Å²) in [6.45, 7) is 8.43. The Kier molecular flexibility index (Phi) is 5.71. The number of hydrogen-bond donors (Lipinski definition) is 1. The summed E-state index contributed by atoms with van der Waals surface area (Å²) in [5.74, 6) is -0.326. The highest BCUT2D eigenvalue weighted by molar-refractivity contribution is 6.14. The molecule has 1 aliphatic rings. The number of fused-ring (bicyclic) bond motifs is 1. The summed E-state index contributed by atoms with van der Waals surface area (Å²) in [4.78, 5) is 29.7. The molecule has 0 spiro atoms. The van der Waals surface area contributed by atoms with E-state index in [0.29, 0.717) is 23.5 Å². The normalized spacial score (nSPS) is 16.0. The number of para-hydroxylation sites is 2. The molecule has 0 saturated heterocycles. The van der Waals surface area contributed by atoms with E-state index < -0.39 is 5.54 Å². The van der Waals surface area contributed by atoms with Crippen LogP contribution in [0.2, 0.25) is 0 Å². The summed E-state index contributed by atoms with van der Waals surface area (Å²) in [5.41, 5.74) is 2.02. The van der Waals surface area contributed by atoms with Crippen molar-refractivity contribution in [2.45, 2.75) is 39.3 Å². The number of likely N-dealkylation sites (N-methyl/N-ethyl adjacent to an activating group) is 1. The summed E-state index contributed by atoms with van der Waals surface area (Å²) in [5, 5.41) is 11.9. The summed E-state index contributed by atoms with van der Waals surface area (Å²) < 4.78 is 0. The van der Waals surface area contributed by atoms with Gasteiger partial charge in [-0.05, 0) is 57.1 Å². The lowest BCUT2D eigenvalue weighted by molar-refractivity contribution is -0.127. The lowest BCUT2D eigenvalue weighted by Crippen LogP contribution is -2.60. The van der Waals surface area contributed by atoms with Crippen LogP contribution in [0.4, 0.5) is 11.4 Å². The fraction of sp³-hybridized carbons (Fsp3) is 0.348. The number of hydrogen-bond acceptors (Lipinski definition) is 4. The molecule has 0 fully saturated rings. The van der Waals surface area contributed by atoms with E-state index in [0.717, 1.165) is 5.56 Å². The Morgan fingerprint density at radius 2 is 1.86 bits per heavy atom. The predicted octanol–water partition coefficient (Wildman–Crippen LogP) is 3.71. The van der Waals surface area contributed by atoms with Crippen LogP contribution in [0.15, 0.2) is 48.5 Å². The van der Waals surface area contributed by atoms with Gasteiger partial charge in [-0.15, -0.1) is 0 Å². The topological polar surface area (TPSA) is 76.4 Å². The maximum absolute atomic E-state index is 13.4. The van der Waals surface area contributed by atoms with Crippen molar-refractivity contribution in [3.8, 4) is 6.07 Å². The van der Waals surface area contributed by atoms with Crippen LogP contribution >= 0.6 is 0 Å². The van der Waals surface area contributed by atoms with Crippen LogP contribution in [0.1, 0.15) is 44.9 Å². The number of nitriles is 1. The molecule has 0 saturated carbocycles. The van der Waals surface area contributed by atoms with Gasteiger partial charge in [-0.25, -0.2) is 0 Å². The van der Waals surface area contributed by atoms with Crippen LogP contribution in [-0.2, 0) is 9.59 Å². The molecule has 6 nitrogen and oxygen atoms in total. The summed E-state index contributed by atoms with van der Waals surface area (Å²) >= 11 is 0. The van der Waals surface area contributed by atoms with E-state index in [1.165, 1.54) is 0 Å². The van der Waals surface area contributed by atoms with Crippen LogP contribution in [-0.4, -0.2) is 35.3 Å². The average molecular weight is 390 g/mol. The maximum Gasteiger partial charge on any atom is 0.250 e. The molecule has 1 heterocycles. The van der Waals surface area contributed by atoms with Crippen LogP contribution in [0.5, 0.6) is 0 Å². The monoisotopic (exact) mass is 390 g/mol. The second-order valence-corrected chi connectivity index (χ2v) is 7.73. The summed E-state index contributed by atoms with van der Waals surface area (Å²) in [6, 6.07) is 16.9. The zero-order valence-corrected chi connectivity index (χ0v) is 17.3. The van der Waals surface area contributed by atoms with Crippen LogP contribution in [0.25, 0.3) is 0 Å². The van der Waals surface area contributed by atoms with Gasteiger partial charge in [-0.1, -0.05) is 31.2 Å². The van der Waals surface area contributed by atoms with Crippen molar-refractivity contribution in [3.63, 3.8) is 0 Å². The molecule has 29 heavy (non-hydrogen) atoms. The number of nitrogens with one attached hydrogen (secondary N) is 1. The van der Waals surface area contributed by atoms with Gasteiger partial charge in [0.25, 0.3) is 0 Å². The van der Waals surface area contributed by atoms with Crippen molar-refractivity contribution in [2.75, 3.05) is 23.3 Å². The molecule has 0 radical (unpaired) electrons. The highest BCUT2D eigenvalue weighted by Crippen LogP contribution is 2.37. The Balaban J connectivity index is 1.86. The SMILES string of the molecule is CCN(CC(=O)N1c2ccccc2NC(=O)C1(C)C)C(C)c1ccc(C#N)cc1. The first kappa shape index (κ1) is 20.6. The van der Waals surface area contributed by atoms with Gasteiger partial charge >= 0.3 is 0 Å². The number of anilines is 2. The summed E-state index contributed by atoms with van der Waals surface area (Å²) in [7, 11) is 0. The third-order valence-corrected chi connectivity index (χ3v) is 5.57. The zero-order chi connectivity index (χ0) is 21.2. The fourth-order valence-corrected chi connectivity index (χ4v) is 3.71. The highest BCUT2D eigenvalue weighted by Gasteiger charge is 2.43. The number of rotatable bonds is 5. The van der Waals surface area contributed by atoms with Crippen molar-refractivity contribution in [1.29, 1.82) is 5.26 Å². The minimum absolute atomic E-state index is 0.00586. The van der Waals surface area contributed by atoms with Crippen molar-refractivity contribution in [1.82, 2.24) is 4.90 Å². The second kappa shape index (κ2) is 8.06. The van der Waals surface area contributed by atoms with E-state index in [4.69, 9.17) is 5.26 Å². The summed E-state index contributed by atoms with van der Waals surface area (Å²) in [6.07, 6.45) is 0. The lowest BCUT2D eigenvalue weighted by Gasteiger charge is -2.43. The van der Waals surface area contributed by atoms with Gasteiger partial charge in [0.1, 0.15) is 5.54 Å². The molecule has 6 heteroatoms. The largest absolute Gasteiger partial charge is 0.322 e. The molecule has 150 valence electrons. The van der Waals surface area contributed by atoms with E-state index in [1.54, 1.807) is 36.9 Å². The molecule has 1 N–H and O–H groups in total. The third kappa shape index (κ3) is 3.87. The molecular formula is C23H26N4O2. The fourth-order valence-electron chi connectivity index (χ4n) is 3.71. The van der Waals surface area contributed by atoms with Gasteiger partial charge < -0.3 is 5.32 Å². The molecule has 1 atom stereocenters. The first-order valence-electron chi connectivity index (χ1n) is 9.77. The van der Waals surface area contributed by atoms with Crippen LogP contribution < -0.4 is 10.2 Å². The van der Waals surface area contributed by atoms with E-state index in [9.17, 15) is 9.59 Å². The van der Waals surface area contributed by atoms with Crippen molar-refractivity contribution in [2.24, 2.45) is 0 Å². The smallest absolute Gasteiger partial charge is 0.250 e. The average Bonchev–Trinajstić information content (AvgIpc) is 2.72. The number of amides is 2. The highest BCUT2D eigenvalue weighted by atomic mass is 16.2. The number of carbonyl (C=O) groups excluding carboxylic acids is 2. The van der Waals surface area contributed by atoms with Gasteiger partial charge in [0.05, 0.1) is 29.6 Å². The van der Waals surface area contributed by atoms with Crippen molar-refractivity contribution in [3.05, 3.63) is 59.7 Å². The Morgan fingerprint density at radius 3 is 2.48 bits per heavy atom. The quantitative estimate of drug-likeness (QED) is 0.844. The maximum atomic E-state index is 13.4. The first-order valence-corrected chi connectivity index (χ1v) is 9.77. The molecule has 2 amide bonds. The minimum atomic E-state index is -0.984. The number of nitrogens with zero attached hydrogens (tertiary/aromatic N) is 3.